The van der Waals surface area contributed by atoms with E-state index in [1.54, 1.807) is 0 Å². The van der Waals surface area contributed by atoms with Crippen LogP contribution in [0.1, 0.15) is 25.3 Å². The third kappa shape index (κ3) is 4.23. The largest absolute Gasteiger partial charge is 0.338 e. The fourth-order valence-electron chi connectivity index (χ4n) is 2.40. The molecule has 0 aromatic carbocycles. The molecule has 2 heterocycles. The molecule has 1 aliphatic heterocycles. The molecule has 0 bridgehead atoms. The minimum absolute atomic E-state index is 0.0828. The van der Waals surface area contributed by atoms with E-state index in [0.717, 1.165) is 52.1 Å². The third-order valence-corrected chi connectivity index (χ3v) is 3.63. The molecule has 0 atom stereocenters. The smallest absolute Gasteiger partial charge is 0.317 e. The number of amides is 2. The number of aryl methyl sites for hydroxylation is 1. The number of nitrogens with one attached hydrogen (secondary N) is 1. The Morgan fingerprint density at radius 1 is 1.35 bits per heavy atom. The lowest BCUT2D eigenvalue weighted by atomic mass is 10.2. The number of hydrogen-bond acceptors (Lipinski definition) is 3. The summed E-state index contributed by atoms with van der Waals surface area (Å²) in [6, 6.07) is 0.0828. The highest BCUT2D eigenvalue weighted by molar-refractivity contribution is 5.74. The standard InChI is InChI=1S/C14H25N5O/c1-3-4-5-15-14(20)19-8-6-18(7-9-19)12-13-10-16-17(2)11-13/h10-11H,3-9,12H2,1-2H3,(H,15,20). The zero-order valence-corrected chi connectivity index (χ0v) is 12.5. The Balaban J connectivity index is 1.70. The van der Waals surface area contributed by atoms with Crippen molar-refractivity contribution in [1.82, 2.24) is 24.9 Å². The lowest BCUT2D eigenvalue weighted by Crippen LogP contribution is -2.51. The summed E-state index contributed by atoms with van der Waals surface area (Å²) in [6.07, 6.45) is 6.11. The van der Waals surface area contributed by atoms with Crippen molar-refractivity contribution in [3.63, 3.8) is 0 Å². The minimum Gasteiger partial charge on any atom is -0.338 e. The Morgan fingerprint density at radius 2 is 2.10 bits per heavy atom. The molecular weight excluding hydrogens is 254 g/mol. The second kappa shape index (κ2) is 7.28. The first kappa shape index (κ1) is 14.8. The van der Waals surface area contributed by atoms with E-state index < -0.39 is 0 Å². The number of rotatable bonds is 5. The first-order valence-electron chi connectivity index (χ1n) is 7.41. The molecule has 1 fully saturated rings. The van der Waals surface area contributed by atoms with Gasteiger partial charge >= 0.3 is 6.03 Å². The quantitative estimate of drug-likeness (QED) is 0.820. The van der Waals surface area contributed by atoms with Gasteiger partial charge in [0.15, 0.2) is 0 Å². The lowest BCUT2D eigenvalue weighted by molar-refractivity contribution is 0.135. The predicted octanol–water partition coefficient (Wildman–Crippen LogP) is 1.05. The number of hydrogen-bond donors (Lipinski definition) is 1. The van der Waals surface area contributed by atoms with Crippen molar-refractivity contribution in [2.75, 3.05) is 32.7 Å². The van der Waals surface area contributed by atoms with Gasteiger partial charge in [-0.2, -0.15) is 5.10 Å². The molecule has 2 amide bonds. The Hall–Kier alpha value is -1.56. The molecule has 6 heteroatoms. The maximum absolute atomic E-state index is 11.9. The average Bonchev–Trinajstić information content (AvgIpc) is 2.85. The van der Waals surface area contributed by atoms with Gasteiger partial charge in [-0.05, 0) is 6.42 Å². The molecule has 1 aromatic rings. The number of aromatic nitrogens is 2. The van der Waals surface area contributed by atoms with Gasteiger partial charge in [0, 0.05) is 58.1 Å². The number of carbonyl (C=O) groups is 1. The molecular formula is C14H25N5O. The molecule has 112 valence electrons. The highest BCUT2D eigenvalue weighted by atomic mass is 16.2. The van der Waals surface area contributed by atoms with Crippen LogP contribution >= 0.6 is 0 Å². The average molecular weight is 279 g/mol. The van der Waals surface area contributed by atoms with E-state index in [2.05, 4.69) is 22.2 Å². The van der Waals surface area contributed by atoms with Gasteiger partial charge in [-0.25, -0.2) is 4.79 Å². The van der Waals surface area contributed by atoms with Crippen LogP contribution in [0.2, 0.25) is 0 Å². The Bertz CT molecular complexity index is 423. The van der Waals surface area contributed by atoms with Crippen LogP contribution in [0.4, 0.5) is 4.79 Å². The SMILES string of the molecule is CCCCNC(=O)N1CCN(Cc2cnn(C)c2)CC1. The topological polar surface area (TPSA) is 53.4 Å². The van der Waals surface area contributed by atoms with Gasteiger partial charge in [0.2, 0.25) is 0 Å². The fourth-order valence-corrected chi connectivity index (χ4v) is 2.40. The maximum Gasteiger partial charge on any atom is 0.317 e. The lowest BCUT2D eigenvalue weighted by Gasteiger charge is -2.34. The molecule has 2 rings (SSSR count). The molecule has 0 spiro atoms. The normalized spacial score (nSPS) is 16.4. The van der Waals surface area contributed by atoms with Gasteiger partial charge in [-0.1, -0.05) is 13.3 Å². The van der Waals surface area contributed by atoms with E-state index in [9.17, 15) is 4.79 Å². The van der Waals surface area contributed by atoms with E-state index in [0.29, 0.717) is 0 Å². The van der Waals surface area contributed by atoms with Crippen LogP contribution in [0.15, 0.2) is 12.4 Å². The molecule has 20 heavy (non-hydrogen) atoms. The van der Waals surface area contributed by atoms with Crippen LogP contribution in [0.3, 0.4) is 0 Å². The monoisotopic (exact) mass is 279 g/mol. The predicted molar refractivity (Wildman–Crippen MR) is 78.4 cm³/mol. The maximum atomic E-state index is 11.9. The van der Waals surface area contributed by atoms with E-state index in [-0.39, 0.29) is 6.03 Å². The van der Waals surface area contributed by atoms with Gasteiger partial charge in [-0.15, -0.1) is 0 Å². The van der Waals surface area contributed by atoms with E-state index in [4.69, 9.17) is 0 Å². The molecule has 0 radical (unpaired) electrons. The number of carbonyl (C=O) groups excluding carboxylic acids is 1. The van der Waals surface area contributed by atoms with Crippen LogP contribution in [0.25, 0.3) is 0 Å². The van der Waals surface area contributed by atoms with Crippen LogP contribution in [0.5, 0.6) is 0 Å². The number of piperazine rings is 1. The van der Waals surface area contributed by atoms with Crippen molar-refractivity contribution < 1.29 is 4.79 Å². The van der Waals surface area contributed by atoms with Crippen molar-refractivity contribution in [3.8, 4) is 0 Å². The van der Waals surface area contributed by atoms with E-state index in [1.807, 2.05) is 29.0 Å². The van der Waals surface area contributed by atoms with Crippen molar-refractivity contribution in [3.05, 3.63) is 18.0 Å². The van der Waals surface area contributed by atoms with Crippen molar-refractivity contribution in [1.29, 1.82) is 0 Å². The van der Waals surface area contributed by atoms with E-state index >= 15 is 0 Å². The number of unbranched alkanes of at least 4 members (excludes halogenated alkanes) is 1. The molecule has 1 aliphatic rings. The summed E-state index contributed by atoms with van der Waals surface area (Å²) in [5.41, 5.74) is 1.23. The van der Waals surface area contributed by atoms with Gasteiger partial charge in [0.25, 0.3) is 0 Å². The highest BCUT2D eigenvalue weighted by Gasteiger charge is 2.20. The molecule has 0 unspecified atom stereocenters. The first-order valence-corrected chi connectivity index (χ1v) is 7.41. The summed E-state index contributed by atoms with van der Waals surface area (Å²) in [6.45, 7) is 7.29. The summed E-state index contributed by atoms with van der Waals surface area (Å²) in [5, 5.41) is 7.16. The number of nitrogens with zero attached hydrogens (tertiary/aromatic N) is 4. The zero-order chi connectivity index (χ0) is 14.4. The summed E-state index contributed by atoms with van der Waals surface area (Å²) in [7, 11) is 1.93. The van der Waals surface area contributed by atoms with Gasteiger partial charge in [0.05, 0.1) is 6.20 Å². The summed E-state index contributed by atoms with van der Waals surface area (Å²) in [5.74, 6) is 0. The molecule has 1 aromatic heterocycles. The van der Waals surface area contributed by atoms with E-state index in [1.165, 1.54) is 5.56 Å². The van der Waals surface area contributed by atoms with Crippen LogP contribution in [-0.4, -0.2) is 58.3 Å². The number of urea groups is 1. The molecule has 1 N–H and O–H groups in total. The van der Waals surface area contributed by atoms with Crippen LogP contribution in [0, 0.1) is 0 Å². The Kier molecular flexibility index (Phi) is 5.40. The summed E-state index contributed by atoms with van der Waals surface area (Å²) in [4.78, 5) is 16.2. The second-order valence-electron chi connectivity index (χ2n) is 5.37. The minimum atomic E-state index is 0.0828. The zero-order valence-electron chi connectivity index (χ0n) is 12.5. The summed E-state index contributed by atoms with van der Waals surface area (Å²) >= 11 is 0. The fraction of sp³-hybridized carbons (Fsp3) is 0.714. The van der Waals surface area contributed by atoms with Gasteiger partial charge in [0.1, 0.15) is 0 Å². The first-order chi connectivity index (χ1) is 9.69. The highest BCUT2D eigenvalue weighted by Crippen LogP contribution is 2.07. The van der Waals surface area contributed by atoms with Crippen molar-refractivity contribution in [2.24, 2.45) is 7.05 Å². The van der Waals surface area contributed by atoms with Crippen molar-refractivity contribution in [2.45, 2.75) is 26.3 Å². The Labute approximate surface area is 120 Å². The molecule has 0 saturated carbocycles. The van der Waals surface area contributed by atoms with Gasteiger partial charge < -0.3 is 10.2 Å². The Morgan fingerprint density at radius 3 is 2.70 bits per heavy atom. The molecule has 6 nitrogen and oxygen atoms in total. The second-order valence-corrected chi connectivity index (χ2v) is 5.37. The van der Waals surface area contributed by atoms with Crippen molar-refractivity contribution >= 4 is 6.03 Å². The summed E-state index contributed by atoms with van der Waals surface area (Å²) < 4.78 is 1.83. The van der Waals surface area contributed by atoms with Crippen LogP contribution in [-0.2, 0) is 13.6 Å². The van der Waals surface area contributed by atoms with Crippen LogP contribution < -0.4 is 5.32 Å². The molecule has 1 saturated heterocycles. The molecule has 0 aliphatic carbocycles. The van der Waals surface area contributed by atoms with Gasteiger partial charge in [-0.3, -0.25) is 9.58 Å². The third-order valence-electron chi connectivity index (χ3n) is 3.63.